The van der Waals surface area contributed by atoms with Gasteiger partial charge in [0, 0.05) is 5.92 Å². The van der Waals surface area contributed by atoms with Crippen molar-refractivity contribution in [2.75, 3.05) is 6.61 Å². The smallest absolute Gasteiger partial charge is 0.338 e. The van der Waals surface area contributed by atoms with Crippen LogP contribution in [-0.2, 0) is 9.47 Å². The van der Waals surface area contributed by atoms with E-state index in [-0.39, 0.29) is 11.6 Å². The van der Waals surface area contributed by atoms with Gasteiger partial charge in [-0.05, 0) is 38.5 Å². The first-order valence-electron chi connectivity index (χ1n) is 6.16. The highest BCUT2D eigenvalue weighted by atomic mass is 16.5. The summed E-state index contributed by atoms with van der Waals surface area (Å²) in [6.45, 7) is 4.49. The molecule has 3 heteroatoms. The Morgan fingerprint density at radius 1 is 1.33 bits per heavy atom. The normalized spacial score (nSPS) is 20.4. The van der Waals surface area contributed by atoms with Crippen LogP contribution in [-0.4, -0.2) is 18.2 Å². The molecule has 1 aliphatic rings. The summed E-state index contributed by atoms with van der Waals surface area (Å²) in [5.41, 5.74) is 0.397. The van der Waals surface area contributed by atoms with Crippen LogP contribution in [0.1, 0.15) is 30.6 Å². The molecule has 0 amide bonds. The monoisotopic (exact) mass is 246 g/mol. The summed E-state index contributed by atoms with van der Waals surface area (Å²) >= 11 is 0. The lowest BCUT2D eigenvalue weighted by molar-refractivity contribution is 0.0248. The topological polar surface area (TPSA) is 35.5 Å². The van der Waals surface area contributed by atoms with Crippen LogP contribution < -0.4 is 0 Å². The first-order chi connectivity index (χ1) is 8.59. The van der Waals surface area contributed by atoms with Crippen molar-refractivity contribution in [1.82, 2.24) is 0 Å². The fourth-order valence-electron chi connectivity index (χ4n) is 2.01. The Kier molecular flexibility index (Phi) is 3.70. The molecule has 1 aliphatic heterocycles. The average molecular weight is 246 g/mol. The Hall–Kier alpha value is -1.77. The molecule has 0 aromatic heterocycles. The van der Waals surface area contributed by atoms with E-state index < -0.39 is 0 Å². The molecular weight excluding hydrogens is 228 g/mol. The zero-order valence-electron chi connectivity index (χ0n) is 10.8. The molecule has 0 bridgehead atoms. The van der Waals surface area contributed by atoms with E-state index in [1.165, 1.54) is 0 Å². The van der Waals surface area contributed by atoms with E-state index in [2.05, 4.69) is 0 Å². The third-order valence-corrected chi connectivity index (χ3v) is 3.25. The van der Waals surface area contributed by atoms with E-state index >= 15 is 0 Å². The quantitative estimate of drug-likeness (QED) is 0.765. The van der Waals surface area contributed by atoms with Gasteiger partial charge in [0.25, 0.3) is 0 Å². The van der Waals surface area contributed by atoms with Gasteiger partial charge in [-0.25, -0.2) is 4.79 Å². The fraction of sp³-hybridized carbons (Fsp3) is 0.400. The average Bonchev–Trinajstić information content (AvgIpc) is 2.70. The lowest BCUT2D eigenvalue weighted by atomic mass is 9.90. The predicted octanol–water partition coefficient (Wildman–Crippen LogP) is 3.17. The summed E-state index contributed by atoms with van der Waals surface area (Å²) in [6, 6.07) is 9.04. The molecule has 0 spiro atoms. The maximum Gasteiger partial charge on any atom is 0.338 e. The van der Waals surface area contributed by atoms with Crippen molar-refractivity contribution >= 4 is 5.97 Å². The van der Waals surface area contributed by atoms with E-state index in [1.54, 1.807) is 18.4 Å². The van der Waals surface area contributed by atoms with Crippen molar-refractivity contribution in [3.8, 4) is 0 Å². The van der Waals surface area contributed by atoms with Crippen LogP contribution in [0.4, 0.5) is 0 Å². The van der Waals surface area contributed by atoms with Gasteiger partial charge in [-0.15, -0.1) is 0 Å². The summed E-state index contributed by atoms with van der Waals surface area (Å²) in [4.78, 5) is 11.7. The minimum atomic E-state index is -0.267. The van der Waals surface area contributed by atoms with E-state index in [9.17, 15) is 4.79 Å². The van der Waals surface area contributed by atoms with Crippen molar-refractivity contribution in [3.05, 3.63) is 48.2 Å². The molecule has 2 rings (SSSR count). The molecule has 1 aromatic carbocycles. The molecule has 1 atom stereocenters. The second-order valence-corrected chi connectivity index (χ2v) is 4.95. The van der Waals surface area contributed by atoms with Crippen molar-refractivity contribution in [2.45, 2.75) is 25.9 Å². The molecule has 18 heavy (non-hydrogen) atoms. The van der Waals surface area contributed by atoms with Crippen LogP contribution in [0.2, 0.25) is 0 Å². The molecule has 0 radical (unpaired) electrons. The van der Waals surface area contributed by atoms with Gasteiger partial charge in [0.1, 0.15) is 5.60 Å². The summed E-state index contributed by atoms with van der Waals surface area (Å²) in [5, 5.41) is 0. The molecule has 3 nitrogen and oxygen atoms in total. The summed E-state index contributed by atoms with van der Waals surface area (Å²) in [7, 11) is 0. The number of hydrogen-bond acceptors (Lipinski definition) is 3. The summed E-state index contributed by atoms with van der Waals surface area (Å²) < 4.78 is 10.7. The molecule has 0 aliphatic carbocycles. The third-order valence-electron chi connectivity index (χ3n) is 3.25. The highest BCUT2D eigenvalue weighted by Crippen LogP contribution is 2.31. The maximum atomic E-state index is 11.7. The highest BCUT2D eigenvalue weighted by Gasteiger charge is 2.32. The molecule has 1 heterocycles. The van der Waals surface area contributed by atoms with Gasteiger partial charge in [-0.1, -0.05) is 18.2 Å². The van der Waals surface area contributed by atoms with Crippen molar-refractivity contribution in [1.29, 1.82) is 0 Å². The SMILES string of the molecule is CC1(C)OC=CC1CCOC(=O)c1ccccc1. The predicted molar refractivity (Wildman–Crippen MR) is 69.1 cm³/mol. The lowest BCUT2D eigenvalue weighted by Gasteiger charge is -2.25. The van der Waals surface area contributed by atoms with Crippen LogP contribution in [0.5, 0.6) is 0 Å². The van der Waals surface area contributed by atoms with E-state index in [0.29, 0.717) is 18.1 Å². The first kappa shape index (κ1) is 12.7. The van der Waals surface area contributed by atoms with Crippen molar-refractivity contribution < 1.29 is 14.3 Å². The fourth-order valence-corrected chi connectivity index (χ4v) is 2.01. The van der Waals surface area contributed by atoms with Gasteiger partial charge in [0.05, 0.1) is 18.4 Å². The summed E-state index contributed by atoms with van der Waals surface area (Å²) in [6.07, 6.45) is 4.53. The Labute approximate surface area is 107 Å². The van der Waals surface area contributed by atoms with Crippen LogP contribution in [0, 0.1) is 5.92 Å². The molecule has 0 N–H and O–H groups in total. The Bertz CT molecular complexity index is 434. The largest absolute Gasteiger partial charge is 0.495 e. The van der Waals surface area contributed by atoms with Gasteiger partial charge < -0.3 is 9.47 Å². The lowest BCUT2D eigenvalue weighted by Crippen LogP contribution is -2.28. The number of rotatable bonds is 4. The molecule has 0 saturated carbocycles. The zero-order chi connectivity index (χ0) is 13.0. The van der Waals surface area contributed by atoms with Gasteiger partial charge in [-0.3, -0.25) is 0 Å². The Morgan fingerprint density at radius 2 is 2.06 bits per heavy atom. The van der Waals surface area contributed by atoms with Crippen LogP contribution in [0.15, 0.2) is 42.7 Å². The van der Waals surface area contributed by atoms with Crippen LogP contribution in [0.3, 0.4) is 0 Å². The number of hydrogen-bond donors (Lipinski definition) is 0. The third kappa shape index (κ3) is 2.92. The molecular formula is C15H18O3. The molecule has 1 aromatic rings. The molecule has 0 fully saturated rings. The highest BCUT2D eigenvalue weighted by molar-refractivity contribution is 5.89. The molecule has 0 saturated heterocycles. The molecule has 96 valence electrons. The molecule has 1 unspecified atom stereocenters. The standard InChI is InChI=1S/C15H18O3/c1-15(2)13(9-11-18-15)8-10-17-14(16)12-6-4-3-5-7-12/h3-7,9,11,13H,8,10H2,1-2H3. The van der Waals surface area contributed by atoms with E-state index in [1.807, 2.05) is 38.1 Å². The van der Waals surface area contributed by atoms with Crippen LogP contribution >= 0.6 is 0 Å². The van der Waals surface area contributed by atoms with Crippen molar-refractivity contribution in [2.24, 2.45) is 5.92 Å². The van der Waals surface area contributed by atoms with E-state index in [4.69, 9.17) is 9.47 Å². The minimum absolute atomic E-state index is 0.195. The first-order valence-corrected chi connectivity index (χ1v) is 6.16. The number of esters is 1. The van der Waals surface area contributed by atoms with Gasteiger partial charge in [0.2, 0.25) is 0 Å². The second kappa shape index (κ2) is 5.25. The minimum Gasteiger partial charge on any atom is -0.495 e. The second-order valence-electron chi connectivity index (χ2n) is 4.95. The maximum absolute atomic E-state index is 11.7. The number of carbonyl (C=O) groups excluding carboxylic acids is 1. The Balaban J connectivity index is 1.79. The van der Waals surface area contributed by atoms with E-state index in [0.717, 1.165) is 6.42 Å². The number of ether oxygens (including phenoxy) is 2. The van der Waals surface area contributed by atoms with Crippen LogP contribution in [0.25, 0.3) is 0 Å². The zero-order valence-corrected chi connectivity index (χ0v) is 10.8. The number of benzene rings is 1. The van der Waals surface area contributed by atoms with Crippen molar-refractivity contribution in [3.63, 3.8) is 0 Å². The number of carbonyl (C=O) groups is 1. The Morgan fingerprint density at radius 3 is 2.67 bits per heavy atom. The van der Waals surface area contributed by atoms with Gasteiger partial charge in [-0.2, -0.15) is 0 Å². The van der Waals surface area contributed by atoms with Gasteiger partial charge >= 0.3 is 5.97 Å². The summed E-state index contributed by atoms with van der Waals surface area (Å²) in [5.74, 6) is 0.0253. The van der Waals surface area contributed by atoms with Gasteiger partial charge in [0.15, 0.2) is 0 Å².